The zero-order valence-corrected chi connectivity index (χ0v) is 12.4. The van der Waals surface area contributed by atoms with E-state index in [1.54, 1.807) is 26.2 Å². The lowest BCUT2D eigenvalue weighted by atomic mass is 10.0. The number of nitrogens with zero attached hydrogens (tertiary/aromatic N) is 2. The lowest BCUT2D eigenvalue weighted by Crippen LogP contribution is -2.48. The molecule has 0 bridgehead atoms. The maximum Gasteiger partial charge on any atom is 0.328 e. The molecule has 1 amide bonds. The molecule has 1 aliphatic heterocycles. The Morgan fingerprint density at radius 2 is 2.14 bits per heavy atom. The molecule has 0 saturated carbocycles. The Labute approximate surface area is 123 Å². The van der Waals surface area contributed by atoms with Crippen LogP contribution in [0.3, 0.4) is 0 Å². The van der Waals surface area contributed by atoms with E-state index in [-0.39, 0.29) is 17.4 Å². The second kappa shape index (κ2) is 6.56. The van der Waals surface area contributed by atoms with Gasteiger partial charge in [0.1, 0.15) is 6.04 Å². The van der Waals surface area contributed by atoms with Gasteiger partial charge in [0, 0.05) is 31.4 Å². The van der Waals surface area contributed by atoms with Gasteiger partial charge in [-0.3, -0.25) is 9.59 Å². The van der Waals surface area contributed by atoms with E-state index in [0.29, 0.717) is 25.1 Å². The SMILES string of the molecule is CCOC(=O)C1CCCCN1C(=O)c1ccn(C)c(=O)c1. The fourth-order valence-electron chi connectivity index (χ4n) is 2.51. The first-order valence-corrected chi connectivity index (χ1v) is 7.19. The number of piperidine rings is 1. The zero-order valence-electron chi connectivity index (χ0n) is 12.4. The van der Waals surface area contributed by atoms with Gasteiger partial charge in [0.15, 0.2) is 0 Å². The lowest BCUT2D eigenvalue weighted by Gasteiger charge is -2.34. The van der Waals surface area contributed by atoms with Gasteiger partial charge >= 0.3 is 5.97 Å². The Hall–Kier alpha value is -2.11. The van der Waals surface area contributed by atoms with Crippen LogP contribution in [0.2, 0.25) is 0 Å². The van der Waals surface area contributed by atoms with E-state index >= 15 is 0 Å². The number of carbonyl (C=O) groups is 2. The Balaban J connectivity index is 2.23. The average molecular weight is 292 g/mol. The highest BCUT2D eigenvalue weighted by Crippen LogP contribution is 2.20. The summed E-state index contributed by atoms with van der Waals surface area (Å²) in [7, 11) is 1.62. The van der Waals surface area contributed by atoms with E-state index in [1.807, 2.05) is 0 Å². The third-order valence-corrected chi connectivity index (χ3v) is 3.67. The number of ether oxygens (including phenoxy) is 1. The molecule has 0 N–H and O–H groups in total. The van der Waals surface area contributed by atoms with Crippen molar-refractivity contribution in [2.24, 2.45) is 7.05 Å². The molecular formula is C15H20N2O4. The van der Waals surface area contributed by atoms with E-state index in [4.69, 9.17) is 4.74 Å². The minimum Gasteiger partial charge on any atom is -0.464 e. The quantitative estimate of drug-likeness (QED) is 0.778. The van der Waals surface area contributed by atoms with Gasteiger partial charge in [-0.2, -0.15) is 0 Å². The maximum absolute atomic E-state index is 12.6. The number of pyridine rings is 1. The Morgan fingerprint density at radius 3 is 2.81 bits per heavy atom. The molecule has 0 spiro atoms. The Bertz CT molecular complexity index is 594. The van der Waals surface area contributed by atoms with Gasteiger partial charge in [-0.25, -0.2) is 4.79 Å². The number of aromatic nitrogens is 1. The largest absolute Gasteiger partial charge is 0.464 e. The molecule has 1 unspecified atom stereocenters. The third kappa shape index (κ3) is 3.32. The number of rotatable bonds is 3. The average Bonchev–Trinajstić information content (AvgIpc) is 2.49. The van der Waals surface area contributed by atoms with Gasteiger partial charge in [-0.05, 0) is 32.3 Å². The summed E-state index contributed by atoms with van der Waals surface area (Å²) >= 11 is 0. The van der Waals surface area contributed by atoms with Crippen molar-refractivity contribution in [3.63, 3.8) is 0 Å². The number of aryl methyl sites for hydroxylation is 1. The molecule has 1 aliphatic rings. The van der Waals surface area contributed by atoms with Crippen LogP contribution in [-0.4, -0.2) is 40.5 Å². The van der Waals surface area contributed by atoms with Crippen molar-refractivity contribution in [1.29, 1.82) is 0 Å². The summed E-state index contributed by atoms with van der Waals surface area (Å²) in [4.78, 5) is 37.7. The molecule has 2 heterocycles. The monoisotopic (exact) mass is 292 g/mol. The summed E-state index contributed by atoms with van der Waals surface area (Å²) in [6, 6.07) is 2.36. The predicted octanol–water partition coefficient (Wildman–Crippen LogP) is 0.943. The maximum atomic E-state index is 12.6. The van der Waals surface area contributed by atoms with Crippen molar-refractivity contribution in [2.45, 2.75) is 32.2 Å². The van der Waals surface area contributed by atoms with Crippen LogP contribution < -0.4 is 5.56 Å². The summed E-state index contributed by atoms with van der Waals surface area (Å²) in [6.45, 7) is 2.55. The topological polar surface area (TPSA) is 68.6 Å². The van der Waals surface area contributed by atoms with E-state index in [9.17, 15) is 14.4 Å². The first-order valence-electron chi connectivity index (χ1n) is 7.19. The molecule has 1 atom stereocenters. The normalized spacial score (nSPS) is 18.4. The van der Waals surface area contributed by atoms with Crippen molar-refractivity contribution in [3.05, 3.63) is 34.2 Å². The number of esters is 1. The third-order valence-electron chi connectivity index (χ3n) is 3.67. The van der Waals surface area contributed by atoms with Gasteiger partial charge in [-0.1, -0.05) is 0 Å². The second-order valence-electron chi connectivity index (χ2n) is 5.13. The highest BCUT2D eigenvalue weighted by molar-refractivity contribution is 5.96. The fourth-order valence-corrected chi connectivity index (χ4v) is 2.51. The smallest absolute Gasteiger partial charge is 0.328 e. The van der Waals surface area contributed by atoms with Crippen LogP contribution in [0.1, 0.15) is 36.5 Å². The molecule has 21 heavy (non-hydrogen) atoms. The fraction of sp³-hybridized carbons (Fsp3) is 0.533. The summed E-state index contributed by atoms with van der Waals surface area (Å²) < 4.78 is 6.44. The van der Waals surface area contributed by atoms with Crippen molar-refractivity contribution in [1.82, 2.24) is 9.47 Å². The second-order valence-corrected chi connectivity index (χ2v) is 5.13. The number of amides is 1. The van der Waals surface area contributed by atoms with Gasteiger partial charge < -0.3 is 14.2 Å². The number of likely N-dealkylation sites (tertiary alicyclic amines) is 1. The molecule has 1 fully saturated rings. The van der Waals surface area contributed by atoms with Crippen molar-refractivity contribution in [2.75, 3.05) is 13.2 Å². The van der Waals surface area contributed by atoms with Crippen LogP contribution in [-0.2, 0) is 16.6 Å². The number of hydrogen-bond acceptors (Lipinski definition) is 4. The van der Waals surface area contributed by atoms with Gasteiger partial charge in [0.05, 0.1) is 6.61 Å². The van der Waals surface area contributed by atoms with Crippen LogP contribution in [0.25, 0.3) is 0 Å². The van der Waals surface area contributed by atoms with Crippen LogP contribution >= 0.6 is 0 Å². The van der Waals surface area contributed by atoms with Crippen molar-refractivity contribution < 1.29 is 14.3 Å². The highest BCUT2D eigenvalue weighted by atomic mass is 16.5. The van der Waals surface area contributed by atoms with E-state index < -0.39 is 6.04 Å². The molecule has 6 nitrogen and oxygen atoms in total. The van der Waals surface area contributed by atoms with Crippen molar-refractivity contribution in [3.8, 4) is 0 Å². The number of hydrogen-bond donors (Lipinski definition) is 0. The predicted molar refractivity (Wildman–Crippen MR) is 77.0 cm³/mol. The molecule has 0 radical (unpaired) electrons. The van der Waals surface area contributed by atoms with E-state index in [0.717, 1.165) is 12.8 Å². The number of carbonyl (C=O) groups excluding carboxylic acids is 2. The summed E-state index contributed by atoms with van der Waals surface area (Å²) in [6.07, 6.45) is 3.91. The molecular weight excluding hydrogens is 272 g/mol. The Kier molecular flexibility index (Phi) is 4.77. The molecule has 1 aromatic rings. The van der Waals surface area contributed by atoms with Crippen LogP contribution in [0.5, 0.6) is 0 Å². The molecule has 114 valence electrons. The van der Waals surface area contributed by atoms with Crippen molar-refractivity contribution >= 4 is 11.9 Å². The molecule has 0 aliphatic carbocycles. The summed E-state index contributed by atoms with van der Waals surface area (Å²) in [5.41, 5.74) is 0.0693. The van der Waals surface area contributed by atoms with Crippen LogP contribution in [0, 0.1) is 0 Å². The molecule has 2 rings (SSSR count). The lowest BCUT2D eigenvalue weighted by molar-refractivity contribution is -0.149. The molecule has 1 saturated heterocycles. The van der Waals surface area contributed by atoms with Gasteiger partial charge in [0.2, 0.25) is 0 Å². The van der Waals surface area contributed by atoms with Crippen LogP contribution in [0.4, 0.5) is 0 Å². The molecule has 0 aromatic carbocycles. The summed E-state index contributed by atoms with van der Waals surface area (Å²) in [5.74, 6) is -0.653. The van der Waals surface area contributed by atoms with Gasteiger partial charge in [0.25, 0.3) is 11.5 Å². The highest BCUT2D eigenvalue weighted by Gasteiger charge is 2.33. The van der Waals surface area contributed by atoms with Crippen LogP contribution in [0.15, 0.2) is 23.1 Å². The summed E-state index contributed by atoms with van der Waals surface area (Å²) in [5, 5.41) is 0. The molecule has 6 heteroatoms. The first-order chi connectivity index (χ1) is 10.0. The zero-order chi connectivity index (χ0) is 15.4. The Morgan fingerprint density at radius 1 is 1.38 bits per heavy atom. The minimum absolute atomic E-state index is 0.245. The minimum atomic E-state index is -0.546. The van der Waals surface area contributed by atoms with Gasteiger partial charge in [-0.15, -0.1) is 0 Å². The standard InChI is InChI=1S/C15H20N2O4/c1-3-21-15(20)12-6-4-5-8-17(12)14(19)11-7-9-16(2)13(18)10-11/h7,9-10,12H,3-6,8H2,1-2H3. The first kappa shape index (κ1) is 15.3. The van der Waals surface area contributed by atoms with E-state index in [2.05, 4.69) is 0 Å². The van der Waals surface area contributed by atoms with E-state index in [1.165, 1.54) is 15.5 Å². The molecule has 1 aromatic heterocycles.